The van der Waals surface area contributed by atoms with Crippen LogP contribution in [-0.2, 0) is 14.0 Å². The van der Waals surface area contributed by atoms with Gasteiger partial charge in [0.1, 0.15) is 5.75 Å². The van der Waals surface area contributed by atoms with Crippen molar-refractivity contribution in [2.45, 2.75) is 13.8 Å². The van der Waals surface area contributed by atoms with Crippen molar-refractivity contribution < 1.29 is 18.8 Å². The van der Waals surface area contributed by atoms with Crippen LogP contribution in [0.25, 0.3) is 10.8 Å². The zero-order valence-corrected chi connectivity index (χ0v) is 13.3. The smallest absolute Gasteiger partial charge is 0.467 e. The lowest BCUT2D eigenvalue weighted by atomic mass is 9.73. The van der Waals surface area contributed by atoms with Crippen molar-refractivity contribution >= 4 is 23.4 Å². The van der Waals surface area contributed by atoms with Crippen LogP contribution in [0.2, 0.25) is 0 Å². The molecule has 116 valence electrons. The van der Waals surface area contributed by atoms with E-state index in [4.69, 9.17) is 18.8 Å². The molecule has 0 aliphatic carbocycles. The van der Waals surface area contributed by atoms with Gasteiger partial charge in [0.25, 0.3) is 0 Å². The lowest BCUT2D eigenvalue weighted by molar-refractivity contribution is 0.0344. The molecule has 1 aliphatic rings. The van der Waals surface area contributed by atoms with Crippen molar-refractivity contribution in [2.24, 2.45) is 5.41 Å². The van der Waals surface area contributed by atoms with E-state index in [0.29, 0.717) is 13.2 Å². The monoisotopic (exact) mass is 300 g/mol. The van der Waals surface area contributed by atoms with Crippen molar-refractivity contribution in [3.8, 4) is 5.75 Å². The second-order valence-electron chi connectivity index (χ2n) is 6.37. The van der Waals surface area contributed by atoms with E-state index in [0.717, 1.165) is 22.0 Å². The fraction of sp³-hybridized carbons (Fsp3) is 0.412. The highest BCUT2D eigenvalue weighted by molar-refractivity contribution is 6.64. The molecule has 22 heavy (non-hydrogen) atoms. The molecule has 0 unspecified atom stereocenters. The molecule has 2 aromatic rings. The van der Waals surface area contributed by atoms with Crippen LogP contribution in [0.3, 0.4) is 0 Å². The fourth-order valence-corrected chi connectivity index (χ4v) is 2.62. The summed E-state index contributed by atoms with van der Waals surface area (Å²) in [6, 6.07) is 12.1. The highest BCUT2D eigenvalue weighted by atomic mass is 16.7. The first-order valence-corrected chi connectivity index (χ1v) is 7.47. The summed E-state index contributed by atoms with van der Waals surface area (Å²) in [6.45, 7) is 5.89. The summed E-state index contributed by atoms with van der Waals surface area (Å²) in [5.74, 6) is 0.803. The third-order valence-corrected chi connectivity index (χ3v) is 3.75. The summed E-state index contributed by atoms with van der Waals surface area (Å²) in [5.41, 5.74) is 1.10. The zero-order valence-electron chi connectivity index (χ0n) is 13.3. The van der Waals surface area contributed by atoms with E-state index in [1.807, 2.05) is 30.3 Å². The van der Waals surface area contributed by atoms with Crippen molar-refractivity contribution in [2.75, 3.05) is 27.1 Å². The van der Waals surface area contributed by atoms with Gasteiger partial charge in [-0.1, -0.05) is 44.2 Å². The molecule has 1 saturated heterocycles. The molecule has 5 heteroatoms. The number of ether oxygens (including phenoxy) is 2. The second-order valence-corrected chi connectivity index (χ2v) is 6.37. The molecule has 0 bridgehead atoms. The highest BCUT2D eigenvalue weighted by Crippen LogP contribution is 2.27. The molecule has 0 amide bonds. The van der Waals surface area contributed by atoms with Crippen LogP contribution < -0.4 is 10.2 Å². The van der Waals surface area contributed by atoms with E-state index in [2.05, 4.69) is 19.9 Å². The topological polar surface area (TPSA) is 36.9 Å². The lowest BCUT2D eigenvalue weighted by Crippen LogP contribution is -2.47. The molecule has 0 atom stereocenters. The maximum atomic E-state index is 5.92. The SMILES string of the molecule is COCOc1ccc(B2OCC(C)(C)CO2)c2ccccc12. The maximum absolute atomic E-state index is 5.92. The predicted molar refractivity (Wildman–Crippen MR) is 87.5 cm³/mol. The van der Waals surface area contributed by atoms with Crippen LogP contribution in [0.15, 0.2) is 36.4 Å². The third-order valence-electron chi connectivity index (χ3n) is 3.75. The van der Waals surface area contributed by atoms with Crippen LogP contribution in [0.5, 0.6) is 5.75 Å². The molecule has 0 spiro atoms. The first-order chi connectivity index (χ1) is 10.6. The van der Waals surface area contributed by atoms with Crippen LogP contribution in [0.1, 0.15) is 13.8 Å². The first-order valence-electron chi connectivity index (χ1n) is 7.47. The van der Waals surface area contributed by atoms with Gasteiger partial charge in [0, 0.05) is 31.1 Å². The van der Waals surface area contributed by atoms with Gasteiger partial charge in [0.05, 0.1) is 0 Å². The Balaban J connectivity index is 1.94. The summed E-state index contributed by atoms with van der Waals surface area (Å²) in [4.78, 5) is 0. The first kappa shape index (κ1) is 15.3. The largest absolute Gasteiger partial charge is 0.494 e. The van der Waals surface area contributed by atoms with Gasteiger partial charge in [-0.25, -0.2) is 0 Å². The van der Waals surface area contributed by atoms with Crippen LogP contribution >= 0.6 is 0 Å². The Morgan fingerprint density at radius 1 is 1.05 bits per heavy atom. The summed E-state index contributed by atoms with van der Waals surface area (Å²) in [5, 5.41) is 2.12. The average molecular weight is 300 g/mol. The van der Waals surface area contributed by atoms with E-state index >= 15 is 0 Å². The Kier molecular flexibility index (Phi) is 4.38. The average Bonchev–Trinajstić information content (AvgIpc) is 2.53. The Bertz CT molecular complexity index is 646. The fourth-order valence-electron chi connectivity index (χ4n) is 2.62. The summed E-state index contributed by atoms with van der Waals surface area (Å²) in [6.07, 6.45) is 0. The molecule has 0 radical (unpaired) electrons. The minimum Gasteiger partial charge on any atom is -0.467 e. The van der Waals surface area contributed by atoms with E-state index in [1.165, 1.54) is 0 Å². The Morgan fingerprint density at radius 2 is 1.73 bits per heavy atom. The number of fused-ring (bicyclic) bond motifs is 1. The molecule has 2 aromatic carbocycles. The maximum Gasteiger partial charge on any atom is 0.494 e. The molecular weight excluding hydrogens is 279 g/mol. The quantitative estimate of drug-likeness (QED) is 0.642. The van der Waals surface area contributed by atoms with Crippen molar-refractivity contribution in [1.29, 1.82) is 0 Å². The van der Waals surface area contributed by atoms with Gasteiger partial charge in [-0.2, -0.15) is 0 Å². The second kappa shape index (κ2) is 6.28. The molecular formula is C17H21BO4. The van der Waals surface area contributed by atoms with Gasteiger partial charge in [0.15, 0.2) is 6.79 Å². The number of rotatable bonds is 4. The Labute approximate surface area is 131 Å². The molecule has 1 aliphatic heterocycles. The van der Waals surface area contributed by atoms with E-state index in [1.54, 1.807) is 7.11 Å². The Hall–Kier alpha value is -1.56. The summed E-state index contributed by atoms with van der Waals surface area (Å²) < 4.78 is 22.5. The van der Waals surface area contributed by atoms with Gasteiger partial charge in [-0.05, 0) is 16.9 Å². The lowest BCUT2D eigenvalue weighted by Gasteiger charge is -2.33. The minimum absolute atomic E-state index is 0.0633. The van der Waals surface area contributed by atoms with Crippen LogP contribution in [0, 0.1) is 5.41 Å². The number of methoxy groups -OCH3 is 1. The number of hydrogen-bond acceptors (Lipinski definition) is 4. The third kappa shape index (κ3) is 3.12. The summed E-state index contributed by atoms with van der Waals surface area (Å²) in [7, 11) is 1.29. The number of hydrogen-bond donors (Lipinski definition) is 0. The highest BCUT2D eigenvalue weighted by Gasteiger charge is 2.34. The molecule has 0 N–H and O–H groups in total. The van der Waals surface area contributed by atoms with Crippen molar-refractivity contribution in [3.05, 3.63) is 36.4 Å². The molecule has 3 rings (SSSR count). The zero-order chi connectivity index (χ0) is 15.6. The normalized spacial score (nSPS) is 17.7. The molecule has 0 aromatic heterocycles. The van der Waals surface area contributed by atoms with E-state index in [9.17, 15) is 0 Å². The van der Waals surface area contributed by atoms with E-state index < -0.39 is 0 Å². The molecule has 4 nitrogen and oxygen atoms in total. The van der Waals surface area contributed by atoms with Crippen LogP contribution in [-0.4, -0.2) is 34.2 Å². The van der Waals surface area contributed by atoms with Crippen molar-refractivity contribution in [1.82, 2.24) is 0 Å². The molecule has 1 heterocycles. The van der Waals surface area contributed by atoms with Gasteiger partial charge in [-0.3, -0.25) is 0 Å². The van der Waals surface area contributed by atoms with Gasteiger partial charge >= 0.3 is 7.12 Å². The minimum atomic E-state index is -0.325. The van der Waals surface area contributed by atoms with Gasteiger partial charge in [-0.15, -0.1) is 0 Å². The standard InChI is InChI=1S/C17H21BO4/c1-17(2)10-21-18(22-11-17)15-8-9-16(20-12-19-3)14-7-5-4-6-13(14)15/h4-9H,10-12H2,1-3H3. The van der Waals surface area contributed by atoms with Crippen LogP contribution in [0.4, 0.5) is 0 Å². The number of benzene rings is 2. The summed E-state index contributed by atoms with van der Waals surface area (Å²) >= 11 is 0. The van der Waals surface area contributed by atoms with Crippen molar-refractivity contribution in [3.63, 3.8) is 0 Å². The predicted octanol–water partition coefficient (Wildman–Crippen LogP) is 2.59. The molecule has 0 saturated carbocycles. The van der Waals surface area contributed by atoms with E-state index in [-0.39, 0.29) is 19.3 Å². The molecule has 1 fully saturated rings. The van der Waals surface area contributed by atoms with Gasteiger partial charge in [0.2, 0.25) is 0 Å². The Morgan fingerprint density at radius 3 is 2.41 bits per heavy atom. The van der Waals surface area contributed by atoms with Gasteiger partial charge < -0.3 is 18.8 Å².